The van der Waals surface area contributed by atoms with Crippen LogP contribution in [-0.2, 0) is 12.8 Å². The smallest absolute Gasteiger partial charge is 0.335 e. The van der Waals surface area contributed by atoms with Crippen LogP contribution in [0, 0.1) is 5.82 Å². The Labute approximate surface area is 222 Å². The van der Waals surface area contributed by atoms with Gasteiger partial charge in [-0.25, -0.2) is 9.18 Å². The molecule has 2 heterocycles. The molecule has 1 aromatic heterocycles. The lowest BCUT2D eigenvalue weighted by atomic mass is 9.86. The number of carbonyl (C=O) groups is 1. The maximum atomic E-state index is 15.2. The second kappa shape index (κ2) is 11.4. The number of carboxylic acids is 1. The van der Waals surface area contributed by atoms with E-state index in [4.69, 9.17) is 0 Å². The highest BCUT2D eigenvalue weighted by Gasteiger charge is 2.24. The molecule has 1 aliphatic carbocycles. The Bertz CT molecular complexity index is 1400. The molecule has 0 spiro atoms. The first-order chi connectivity index (χ1) is 18.5. The lowest BCUT2D eigenvalue weighted by Crippen LogP contribution is -2.40. The van der Waals surface area contributed by atoms with Crippen LogP contribution in [0.2, 0.25) is 0 Å². The molecule has 38 heavy (non-hydrogen) atoms. The number of aromatic nitrogens is 1. The summed E-state index contributed by atoms with van der Waals surface area (Å²) in [6.45, 7) is 4.26. The fourth-order valence-electron chi connectivity index (χ4n) is 5.47. The lowest BCUT2D eigenvalue weighted by Gasteiger charge is -2.33. The van der Waals surface area contributed by atoms with Crippen LogP contribution in [0.3, 0.4) is 0 Å². The summed E-state index contributed by atoms with van der Waals surface area (Å²) < 4.78 is 27.6. The fourth-order valence-corrected chi connectivity index (χ4v) is 5.47. The predicted octanol–water partition coefficient (Wildman–Crippen LogP) is 6.84. The Morgan fingerprint density at radius 3 is 2.58 bits per heavy atom. The van der Waals surface area contributed by atoms with Crippen LogP contribution in [0.25, 0.3) is 17.2 Å². The molecule has 1 aliphatic heterocycles. The van der Waals surface area contributed by atoms with Crippen molar-refractivity contribution in [1.82, 2.24) is 9.88 Å². The number of alkyl halides is 1. The van der Waals surface area contributed by atoms with Crippen molar-refractivity contribution in [3.8, 4) is 0 Å². The van der Waals surface area contributed by atoms with E-state index in [-0.39, 0.29) is 18.1 Å². The SMILES string of the molecule is CCc1cc(C2=C(c3ccc(C=C4CN(CCCF)C4)cc3)c3ccc(C(=O)O)cc3CCC2)c(F)cn1. The number of aromatic carboxylic acids is 1. The minimum Gasteiger partial charge on any atom is -0.478 e. The van der Waals surface area contributed by atoms with E-state index in [0.717, 1.165) is 71.6 Å². The van der Waals surface area contributed by atoms with E-state index in [1.807, 2.05) is 19.1 Å². The summed E-state index contributed by atoms with van der Waals surface area (Å²) in [6, 6.07) is 15.4. The molecule has 3 aromatic rings. The highest BCUT2D eigenvalue weighted by atomic mass is 19.1. The van der Waals surface area contributed by atoms with Gasteiger partial charge in [-0.15, -0.1) is 0 Å². The normalized spacial score (nSPS) is 15.6. The molecule has 1 fully saturated rings. The third-order valence-corrected chi connectivity index (χ3v) is 7.43. The second-order valence-corrected chi connectivity index (χ2v) is 10.1. The van der Waals surface area contributed by atoms with Crippen LogP contribution in [0.4, 0.5) is 8.78 Å². The lowest BCUT2D eigenvalue weighted by molar-refractivity contribution is 0.0696. The van der Waals surface area contributed by atoms with Crippen LogP contribution in [-0.4, -0.2) is 47.3 Å². The fraction of sp³-hybridized carbons (Fsp3) is 0.312. The van der Waals surface area contributed by atoms with E-state index in [0.29, 0.717) is 24.8 Å². The zero-order valence-corrected chi connectivity index (χ0v) is 21.6. The largest absolute Gasteiger partial charge is 0.478 e. The van der Waals surface area contributed by atoms with E-state index in [2.05, 4.69) is 40.2 Å². The predicted molar refractivity (Wildman–Crippen MR) is 147 cm³/mol. The first kappa shape index (κ1) is 26.0. The molecule has 0 atom stereocenters. The van der Waals surface area contributed by atoms with Gasteiger partial charge in [0.1, 0.15) is 5.82 Å². The van der Waals surface area contributed by atoms with Gasteiger partial charge in [-0.05, 0) is 89.3 Å². The number of rotatable bonds is 8. The number of carboxylic acid groups (broad SMARTS) is 1. The molecule has 0 bridgehead atoms. The maximum Gasteiger partial charge on any atom is 0.335 e. The summed E-state index contributed by atoms with van der Waals surface area (Å²) in [6.07, 6.45) is 6.97. The van der Waals surface area contributed by atoms with Crippen molar-refractivity contribution in [2.24, 2.45) is 0 Å². The Balaban J connectivity index is 1.57. The maximum absolute atomic E-state index is 15.2. The van der Waals surface area contributed by atoms with Crippen molar-refractivity contribution in [3.63, 3.8) is 0 Å². The number of pyridine rings is 1. The quantitative estimate of drug-likeness (QED) is 0.358. The van der Waals surface area contributed by atoms with Gasteiger partial charge in [-0.3, -0.25) is 14.3 Å². The van der Waals surface area contributed by atoms with Gasteiger partial charge in [0.05, 0.1) is 18.4 Å². The van der Waals surface area contributed by atoms with Crippen molar-refractivity contribution in [2.45, 2.75) is 39.0 Å². The third-order valence-electron chi connectivity index (χ3n) is 7.43. The molecule has 1 N–H and O–H groups in total. The first-order valence-corrected chi connectivity index (χ1v) is 13.3. The van der Waals surface area contributed by atoms with Gasteiger partial charge in [-0.1, -0.05) is 43.3 Å². The minimum absolute atomic E-state index is 0.262. The Kier molecular flexibility index (Phi) is 7.79. The van der Waals surface area contributed by atoms with Gasteiger partial charge in [0.25, 0.3) is 0 Å². The summed E-state index contributed by atoms with van der Waals surface area (Å²) >= 11 is 0. The van der Waals surface area contributed by atoms with E-state index >= 15 is 4.39 Å². The molecule has 5 rings (SSSR count). The zero-order valence-electron chi connectivity index (χ0n) is 21.6. The van der Waals surface area contributed by atoms with Gasteiger partial charge in [0, 0.05) is 30.9 Å². The molecular formula is C32H32F2N2O2. The standard InChI is InChI=1S/C32H32F2N2O2/c1-2-26-17-29(30(34)18-35-26)28-6-3-5-24-16-25(32(37)38)11-12-27(24)31(28)23-9-7-21(8-10-23)15-22-19-36(20-22)14-4-13-33/h7-12,15-18H,2-6,13-14,19-20H2,1H3,(H,37,38). The van der Waals surface area contributed by atoms with Crippen molar-refractivity contribution in [1.29, 1.82) is 0 Å². The van der Waals surface area contributed by atoms with E-state index in [1.165, 1.54) is 11.8 Å². The molecule has 1 saturated heterocycles. The monoisotopic (exact) mass is 514 g/mol. The van der Waals surface area contributed by atoms with Gasteiger partial charge in [0.15, 0.2) is 0 Å². The van der Waals surface area contributed by atoms with Gasteiger partial charge >= 0.3 is 5.97 Å². The van der Waals surface area contributed by atoms with Crippen molar-refractivity contribution < 1.29 is 18.7 Å². The summed E-state index contributed by atoms with van der Waals surface area (Å²) in [4.78, 5) is 18.1. The summed E-state index contributed by atoms with van der Waals surface area (Å²) in [7, 11) is 0. The van der Waals surface area contributed by atoms with E-state index < -0.39 is 5.97 Å². The van der Waals surface area contributed by atoms with Crippen molar-refractivity contribution in [2.75, 3.05) is 26.3 Å². The topological polar surface area (TPSA) is 53.4 Å². The Morgan fingerprint density at radius 1 is 1.08 bits per heavy atom. The molecule has 0 saturated carbocycles. The summed E-state index contributed by atoms with van der Waals surface area (Å²) in [5.41, 5.74) is 8.84. The summed E-state index contributed by atoms with van der Waals surface area (Å²) in [5.74, 6) is -1.30. The molecule has 0 unspecified atom stereocenters. The van der Waals surface area contributed by atoms with E-state index in [1.54, 1.807) is 12.1 Å². The zero-order chi connectivity index (χ0) is 26.6. The molecule has 6 heteroatoms. The molecule has 0 amide bonds. The molecule has 0 radical (unpaired) electrons. The highest BCUT2D eigenvalue weighted by Crippen LogP contribution is 2.41. The summed E-state index contributed by atoms with van der Waals surface area (Å²) in [5, 5.41) is 9.56. The van der Waals surface area contributed by atoms with Gasteiger partial charge < -0.3 is 5.11 Å². The number of nitrogens with zero attached hydrogens (tertiary/aromatic N) is 2. The second-order valence-electron chi connectivity index (χ2n) is 10.1. The number of halogens is 2. The van der Waals surface area contributed by atoms with Crippen molar-refractivity contribution >= 4 is 23.2 Å². The number of benzene rings is 2. The molecule has 2 aromatic carbocycles. The third kappa shape index (κ3) is 5.46. The highest BCUT2D eigenvalue weighted by molar-refractivity contribution is 6.01. The van der Waals surface area contributed by atoms with Gasteiger partial charge in [-0.2, -0.15) is 0 Å². The first-order valence-electron chi connectivity index (χ1n) is 13.3. The number of allylic oxidation sites excluding steroid dienone is 1. The molecular weight excluding hydrogens is 482 g/mol. The van der Waals surface area contributed by atoms with Crippen LogP contribution in [0.15, 0.2) is 60.3 Å². The Morgan fingerprint density at radius 2 is 1.87 bits per heavy atom. The average molecular weight is 515 g/mol. The average Bonchev–Trinajstić information content (AvgIpc) is 3.09. The van der Waals surface area contributed by atoms with Gasteiger partial charge in [0.2, 0.25) is 0 Å². The minimum atomic E-state index is -0.952. The number of aryl methyl sites for hydroxylation is 2. The molecule has 4 nitrogen and oxygen atoms in total. The van der Waals surface area contributed by atoms with Crippen molar-refractivity contribution in [3.05, 3.63) is 105 Å². The van der Waals surface area contributed by atoms with Crippen LogP contribution >= 0.6 is 0 Å². The molecule has 2 aliphatic rings. The van der Waals surface area contributed by atoms with E-state index in [9.17, 15) is 14.3 Å². The molecule has 196 valence electrons. The van der Waals surface area contributed by atoms with Crippen LogP contribution in [0.1, 0.15) is 70.1 Å². The number of likely N-dealkylation sites (tertiary alicyclic amines) is 1. The van der Waals surface area contributed by atoms with Crippen LogP contribution < -0.4 is 0 Å². The Hall–Kier alpha value is -3.64. The van der Waals surface area contributed by atoms with Crippen LogP contribution in [0.5, 0.6) is 0 Å². The number of hydrogen-bond acceptors (Lipinski definition) is 3. The number of hydrogen-bond donors (Lipinski definition) is 1. The number of fused-ring (bicyclic) bond motifs is 1.